The van der Waals surface area contributed by atoms with Crippen molar-refractivity contribution in [3.05, 3.63) is 0 Å². The first kappa shape index (κ1) is 54.8. The molecule has 0 N–H and O–H groups in total. The number of imide groups is 1. The van der Waals surface area contributed by atoms with Crippen LogP contribution in [0.15, 0.2) is 0 Å². The summed E-state index contributed by atoms with van der Waals surface area (Å²) in [6, 6.07) is -0.378. The quantitative estimate of drug-likeness (QED) is 0.0339. The first-order chi connectivity index (χ1) is 28.8. The highest BCUT2D eigenvalue weighted by molar-refractivity contribution is 6.06. The average Bonchev–Trinajstić information content (AvgIpc) is 3.38. The lowest BCUT2D eigenvalue weighted by Crippen LogP contribution is -2.45. The zero-order valence-corrected chi connectivity index (χ0v) is 38.9. The van der Waals surface area contributed by atoms with E-state index in [2.05, 4.69) is 13.8 Å². The molecule has 346 valence electrons. The fraction of sp³-hybridized carbons (Fsp3) is 0.918. The lowest BCUT2D eigenvalue weighted by Gasteiger charge is -2.27. The van der Waals surface area contributed by atoms with E-state index in [0.717, 1.165) is 25.7 Å². The maximum atomic E-state index is 13.1. The van der Waals surface area contributed by atoms with Gasteiger partial charge in [-0.25, -0.2) is 4.79 Å². The number of urea groups is 1. The fourth-order valence-corrected chi connectivity index (χ4v) is 7.86. The Morgan fingerprint density at radius 3 is 1.07 bits per heavy atom. The Labute approximate surface area is 362 Å². The Kier molecular flexibility index (Phi) is 36.0. The molecule has 1 fully saturated rings. The third-order valence-corrected chi connectivity index (χ3v) is 11.8. The average molecular weight is 837 g/mol. The van der Waals surface area contributed by atoms with E-state index >= 15 is 0 Å². The van der Waals surface area contributed by atoms with Crippen molar-refractivity contribution in [1.29, 1.82) is 0 Å². The summed E-state index contributed by atoms with van der Waals surface area (Å²) in [4.78, 5) is 53.1. The monoisotopic (exact) mass is 837 g/mol. The van der Waals surface area contributed by atoms with Crippen LogP contribution in [0.5, 0.6) is 0 Å². The molecule has 59 heavy (non-hydrogen) atoms. The van der Waals surface area contributed by atoms with E-state index in [1.54, 1.807) is 13.8 Å². The lowest BCUT2D eigenvalue weighted by atomic mass is 10.0. The molecule has 0 unspecified atom stereocenters. The number of unbranched alkanes of at least 4 members (excludes halogenated alkanes) is 28. The number of esters is 2. The Balaban J connectivity index is 1.98. The van der Waals surface area contributed by atoms with E-state index in [4.69, 9.17) is 18.9 Å². The van der Waals surface area contributed by atoms with Crippen LogP contribution < -0.4 is 0 Å². The molecule has 0 aromatic heterocycles. The summed E-state index contributed by atoms with van der Waals surface area (Å²) in [5, 5.41) is 0. The highest BCUT2D eigenvalue weighted by Crippen LogP contribution is 2.27. The predicted molar refractivity (Wildman–Crippen MR) is 241 cm³/mol. The molecule has 0 radical (unpaired) electrons. The van der Waals surface area contributed by atoms with Gasteiger partial charge in [-0.2, -0.15) is 0 Å². The van der Waals surface area contributed by atoms with Crippen molar-refractivity contribution in [2.24, 2.45) is 0 Å². The summed E-state index contributed by atoms with van der Waals surface area (Å²) in [7, 11) is 0. The SMILES string of the molecule is CCCCCCCCCCCCCCCCCC(=O)OCCOCCN1C(=O)N(CCOCCOC(=O)CCCCCCCCCCCCCCCCC)C(C)(C)C1=O. The number of hydrogen-bond acceptors (Lipinski definition) is 8. The van der Waals surface area contributed by atoms with Crippen LogP contribution in [0.2, 0.25) is 0 Å². The van der Waals surface area contributed by atoms with E-state index in [9.17, 15) is 19.2 Å². The summed E-state index contributed by atoms with van der Waals surface area (Å²) in [5.41, 5.74) is -0.997. The molecule has 10 heteroatoms. The van der Waals surface area contributed by atoms with E-state index < -0.39 is 5.54 Å². The number of carbonyl (C=O) groups is 4. The van der Waals surface area contributed by atoms with E-state index in [-0.39, 0.29) is 76.6 Å². The smallest absolute Gasteiger partial charge is 0.327 e. The van der Waals surface area contributed by atoms with Gasteiger partial charge >= 0.3 is 18.0 Å². The maximum absolute atomic E-state index is 13.1. The second-order valence-electron chi connectivity index (χ2n) is 17.5. The minimum Gasteiger partial charge on any atom is -0.463 e. The number of ether oxygens (including phenoxy) is 4. The molecule has 0 spiro atoms. The van der Waals surface area contributed by atoms with Crippen LogP contribution in [0.1, 0.15) is 233 Å². The Morgan fingerprint density at radius 1 is 0.424 bits per heavy atom. The number of nitrogens with zero attached hydrogens (tertiary/aromatic N) is 2. The molecule has 1 saturated heterocycles. The van der Waals surface area contributed by atoms with Gasteiger partial charge in [0.15, 0.2) is 0 Å². The zero-order chi connectivity index (χ0) is 43.1. The first-order valence-corrected chi connectivity index (χ1v) is 24.9. The lowest BCUT2D eigenvalue weighted by molar-refractivity contribution is -0.146. The van der Waals surface area contributed by atoms with Gasteiger partial charge in [-0.05, 0) is 26.7 Å². The Bertz CT molecular complexity index is 1040. The highest BCUT2D eigenvalue weighted by atomic mass is 16.6. The molecule has 1 rings (SSSR count). The highest BCUT2D eigenvalue weighted by Gasteiger charge is 2.50. The molecule has 0 aromatic carbocycles. The summed E-state index contributed by atoms with van der Waals surface area (Å²) < 4.78 is 21.9. The molecule has 1 aliphatic heterocycles. The minimum atomic E-state index is -0.997. The van der Waals surface area contributed by atoms with Crippen molar-refractivity contribution < 1.29 is 38.1 Å². The van der Waals surface area contributed by atoms with Crippen LogP contribution in [0.3, 0.4) is 0 Å². The minimum absolute atomic E-state index is 0.126. The largest absolute Gasteiger partial charge is 0.463 e. The fourth-order valence-electron chi connectivity index (χ4n) is 7.86. The van der Waals surface area contributed by atoms with Crippen molar-refractivity contribution in [2.75, 3.05) is 52.7 Å². The molecule has 1 aliphatic rings. The molecule has 0 bridgehead atoms. The third-order valence-electron chi connectivity index (χ3n) is 11.8. The predicted octanol–water partition coefficient (Wildman–Crippen LogP) is 12.7. The van der Waals surface area contributed by atoms with Crippen molar-refractivity contribution in [1.82, 2.24) is 9.80 Å². The normalized spacial score (nSPS) is 13.8. The molecular formula is C49H92N2O8. The molecular weight excluding hydrogens is 745 g/mol. The number of rotatable bonds is 44. The van der Waals surface area contributed by atoms with Crippen LogP contribution >= 0.6 is 0 Å². The van der Waals surface area contributed by atoms with Crippen molar-refractivity contribution in [3.8, 4) is 0 Å². The van der Waals surface area contributed by atoms with Crippen LogP contribution in [-0.4, -0.2) is 91.9 Å². The van der Waals surface area contributed by atoms with Crippen molar-refractivity contribution in [2.45, 2.75) is 239 Å². The molecule has 0 atom stereocenters. The molecule has 0 aromatic rings. The van der Waals surface area contributed by atoms with E-state index in [1.807, 2.05) is 0 Å². The zero-order valence-electron chi connectivity index (χ0n) is 38.9. The van der Waals surface area contributed by atoms with Gasteiger partial charge in [0.25, 0.3) is 5.91 Å². The summed E-state index contributed by atoms with van der Waals surface area (Å²) in [6.07, 6.45) is 39.5. The van der Waals surface area contributed by atoms with Gasteiger partial charge in [-0.15, -0.1) is 0 Å². The topological polar surface area (TPSA) is 112 Å². The van der Waals surface area contributed by atoms with Gasteiger partial charge in [0.2, 0.25) is 0 Å². The summed E-state index contributed by atoms with van der Waals surface area (Å²) >= 11 is 0. The number of carbonyl (C=O) groups excluding carboxylic acids is 4. The maximum Gasteiger partial charge on any atom is 0.327 e. The van der Waals surface area contributed by atoms with Crippen LogP contribution in [-0.2, 0) is 33.3 Å². The second kappa shape index (κ2) is 38.7. The van der Waals surface area contributed by atoms with Gasteiger partial charge in [-0.3, -0.25) is 19.3 Å². The third kappa shape index (κ3) is 29.7. The number of hydrogen-bond donors (Lipinski definition) is 0. The van der Waals surface area contributed by atoms with Gasteiger partial charge in [0, 0.05) is 19.4 Å². The molecule has 1 heterocycles. The van der Waals surface area contributed by atoms with Crippen molar-refractivity contribution >= 4 is 23.9 Å². The number of amides is 3. The molecule has 0 aliphatic carbocycles. The Morgan fingerprint density at radius 2 is 0.729 bits per heavy atom. The molecule has 3 amide bonds. The summed E-state index contributed by atoms with van der Waals surface area (Å²) in [6.45, 7) is 9.54. The standard InChI is InChI=1S/C49H92N2O8/c1-5-7-9-11-13-15-17-19-21-23-25-27-29-31-33-35-45(52)58-43-41-56-39-37-50-47(54)49(3,4)51(48(50)55)38-40-57-42-44-59-46(53)36-34-32-30-28-26-24-22-20-18-16-14-12-10-8-6-2/h5-44H2,1-4H3. The van der Waals surface area contributed by atoms with Gasteiger partial charge in [0.1, 0.15) is 18.8 Å². The van der Waals surface area contributed by atoms with Crippen LogP contribution in [0, 0.1) is 0 Å². The second-order valence-corrected chi connectivity index (χ2v) is 17.5. The Hall–Kier alpha value is -2.20. The molecule has 0 saturated carbocycles. The van der Waals surface area contributed by atoms with Gasteiger partial charge in [0.05, 0.1) is 33.0 Å². The van der Waals surface area contributed by atoms with E-state index in [1.165, 1.54) is 177 Å². The van der Waals surface area contributed by atoms with Crippen molar-refractivity contribution in [3.63, 3.8) is 0 Å². The van der Waals surface area contributed by atoms with Crippen LogP contribution in [0.25, 0.3) is 0 Å². The van der Waals surface area contributed by atoms with E-state index in [0.29, 0.717) is 12.8 Å². The summed E-state index contributed by atoms with van der Waals surface area (Å²) in [5.74, 6) is -0.689. The molecule has 10 nitrogen and oxygen atoms in total. The van der Waals surface area contributed by atoms with Gasteiger partial charge in [-0.1, -0.05) is 194 Å². The van der Waals surface area contributed by atoms with Crippen LogP contribution in [0.4, 0.5) is 4.79 Å². The van der Waals surface area contributed by atoms with Gasteiger partial charge < -0.3 is 23.8 Å². The first-order valence-electron chi connectivity index (χ1n) is 24.9.